The first-order valence-corrected chi connectivity index (χ1v) is 13.9. The predicted octanol–water partition coefficient (Wildman–Crippen LogP) is 4.76. The van der Waals surface area contributed by atoms with Gasteiger partial charge in [-0.15, -0.1) is 11.3 Å². The zero-order valence-electron chi connectivity index (χ0n) is 21.0. The van der Waals surface area contributed by atoms with Gasteiger partial charge in [0.25, 0.3) is 5.56 Å². The summed E-state index contributed by atoms with van der Waals surface area (Å²) >= 11 is 2.74. The molecule has 0 bridgehead atoms. The highest BCUT2D eigenvalue weighted by atomic mass is 32.2. The van der Waals surface area contributed by atoms with E-state index in [1.54, 1.807) is 16.4 Å². The Labute approximate surface area is 223 Å². The van der Waals surface area contributed by atoms with Crippen LogP contribution in [0.15, 0.2) is 58.5 Å². The molecule has 7 nitrogen and oxygen atoms in total. The lowest BCUT2D eigenvalue weighted by Gasteiger charge is -2.25. The number of anilines is 1. The van der Waals surface area contributed by atoms with E-state index >= 15 is 0 Å². The highest BCUT2D eigenvalue weighted by Gasteiger charge is 2.26. The second-order valence-electron chi connectivity index (χ2n) is 9.36. The first kappa shape index (κ1) is 25.2. The number of nitrogens with zero attached hydrogens (tertiary/aromatic N) is 3. The van der Waals surface area contributed by atoms with Gasteiger partial charge < -0.3 is 10.2 Å². The van der Waals surface area contributed by atoms with Crippen molar-refractivity contribution < 1.29 is 9.59 Å². The third-order valence-corrected chi connectivity index (χ3v) is 8.48. The van der Waals surface area contributed by atoms with Gasteiger partial charge in [0, 0.05) is 24.0 Å². The Balaban J connectivity index is 1.48. The van der Waals surface area contributed by atoms with Crippen LogP contribution in [0.2, 0.25) is 0 Å². The molecule has 1 aliphatic heterocycles. The van der Waals surface area contributed by atoms with E-state index in [4.69, 9.17) is 4.98 Å². The Morgan fingerprint density at radius 2 is 1.84 bits per heavy atom. The van der Waals surface area contributed by atoms with Crippen LogP contribution in [0, 0.1) is 13.8 Å². The van der Waals surface area contributed by atoms with Crippen molar-refractivity contribution in [2.45, 2.75) is 45.4 Å². The molecule has 0 spiro atoms. The van der Waals surface area contributed by atoms with Crippen LogP contribution in [0.4, 0.5) is 5.69 Å². The number of thioether (sulfide) groups is 1. The summed E-state index contributed by atoms with van der Waals surface area (Å²) in [7, 11) is 0. The lowest BCUT2D eigenvalue weighted by Crippen LogP contribution is -2.34. The van der Waals surface area contributed by atoms with Crippen LogP contribution in [-0.2, 0) is 29.1 Å². The van der Waals surface area contributed by atoms with E-state index in [0.717, 1.165) is 32.8 Å². The average molecular weight is 533 g/mol. The number of fused-ring (bicyclic) bond motifs is 3. The second kappa shape index (κ2) is 10.5. The van der Waals surface area contributed by atoms with Gasteiger partial charge in [-0.3, -0.25) is 19.0 Å². The Morgan fingerprint density at radius 1 is 1.11 bits per heavy atom. The summed E-state index contributed by atoms with van der Waals surface area (Å²) in [6.07, 6.45) is 0.641. The molecule has 0 unspecified atom stereocenters. The molecule has 2 aromatic carbocycles. The number of aromatic nitrogens is 2. The van der Waals surface area contributed by atoms with Crippen LogP contribution >= 0.6 is 23.1 Å². The Kier molecular flexibility index (Phi) is 7.17. The first-order chi connectivity index (χ1) is 17.8. The molecule has 2 aromatic heterocycles. The largest absolute Gasteiger partial charge is 0.337 e. The smallest absolute Gasteiger partial charge is 0.263 e. The van der Waals surface area contributed by atoms with Crippen molar-refractivity contribution in [3.8, 4) is 0 Å². The molecule has 4 aromatic rings. The van der Waals surface area contributed by atoms with Gasteiger partial charge in [-0.1, -0.05) is 48.2 Å². The maximum absolute atomic E-state index is 13.8. The molecule has 0 fully saturated rings. The van der Waals surface area contributed by atoms with Crippen LogP contribution in [0.5, 0.6) is 0 Å². The maximum Gasteiger partial charge on any atom is 0.263 e. The van der Waals surface area contributed by atoms with Gasteiger partial charge in [0.1, 0.15) is 4.83 Å². The number of thiophene rings is 1. The number of hydrogen-bond acceptors (Lipinski definition) is 6. The summed E-state index contributed by atoms with van der Waals surface area (Å²) < 4.78 is 1.68. The minimum absolute atomic E-state index is 0.0311. The van der Waals surface area contributed by atoms with Gasteiger partial charge in [0.15, 0.2) is 5.16 Å². The molecule has 3 heterocycles. The third-order valence-electron chi connectivity index (χ3n) is 6.39. The molecule has 0 saturated carbocycles. The van der Waals surface area contributed by atoms with E-state index in [2.05, 4.69) is 11.4 Å². The number of carbonyl (C=O) groups is 2. The molecule has 1 N–H and O–H groups in total. The lowest BCUT2D eigenvalue weighted by molar-refractivity contribution is -0.129. The summed E-state index contributed by atoms with van der Waals surface area (Å²) in [5, 5.41) is 4.11. The Morgan fingerprint density at radius 3 is 2.54 bits per heavy atom. The average Bonchev–Trinajstić information content (AvgIpc) is 3.22. The molecule has 9 heteroatoms. The van der Waals surface area contributed by atoms with E-state index in [1.165, 1.54) is 23.1 Å². The SMILES string of the molecule is CC(=O)N1CCc2c(sc3nc(SCC(=O)Nc4cc(C)cc(C)c4)n(Cc4ccccc4)c(=O)c23)C1. The van der Waals surface area contributed by atoms with Gasteiger partial charge in [0.2, 0.25) is 11.8 Å². The molecular formula is C28H28N4O3S2. The zero-order valence-corrected chi connectivity index (χ0v) is 22.7. The van der Waals surface area contributed by atoms with Crippen LogP contribution in [-0.4, -0.2) is 38.6 Å². The number of aryl methyl sites for hydroxylation is 2. The third kappa shape index (κ3) is 5.47. The van der Waals surface area contributed by atoms with Crippen LogP contribution in [0.25, 0.3) is 10.2 Å². The van der Waals surface area contributed by atoms with Gasteiger partial charge in [-0.05, 0) is 54.7 Å². The van der Waals surface area contributed by atoms with Crippen molar-refractivity contribution in [3.05, 3.63) is 86.0 Å². The fraction of sp³-hybridized carbons (Fsp3) is 0.286. The minimum atomic E-state index is -0.154. The van der Waals surface area contributed by atoms with Crippen molar-refractivity contribution >= 4 is 50.8 Å². The van der Waals surface area contributed by atoms with E-state index in [0.29, 0.717) is 41.4 Å². The topological polar surface area (TPSA) is 84.3 Å². The quantitative estimate of drug-likeness (QED) is 0.286. The van der Waals surface area contributed by atoms with E-state index in [-0.39, 0.29) is 23.1 Å². The number of rotatable bonds is 6. The summed E-state index contributed by atoms with van der Waals surface area (Å²) in [5.74, 6) is 0.00457. The summed E-state index contributed by atoms with van der Waals surface area (Å²) in [6, 6.07) is 15.7. The molecule has 1 aliphatic rings. The van der Waals surface area contributed by atoms with Gasteiger partial charge in [0.05, 0.1) is 24.2 Å². The summed E-state index contributed by atoms with van der Waals surface area (Å²) in [6.45, 7) is 7.03. The molecule has 37 heavy (non-hydrogen) atoms. The van der Waals surface area contributed by atoms with Crippen molar-refractivity contribution in [2.75, 3.05) is 17.6 Å². The molecule has 0 radical (unpaired) electrons. The number of amides is 2. The number of benzene rings is 2. The van der Waals surface area contributed by atoms with Crippen LogP contribution in [0.1, 0.15) is 34.1 Å². The predicted molar refractivity (Wildman–Crippen MR) is 149 cm³/mol. The number of hydrogen-bond donors (Lipinski definition) is 1. The van der Waals surface area contributed by atoms with E-state index in [9.17, 15) is 14.4 Å². The highest BCUT2D eigenvalue weighted by molar-refractivity contribution is 7.99. The first-order valence-electron chi connectivity index (χ1n) is 12.1. The lowest BCUT2D eigenvalue weighted by atomic mass is 10.1. The fourth-order valence-corrected chi connectivity index (χ4v) is 6.79. The van der Waals surface area contributed by atoms with E-state index in [1.807, 2.05) is 56.3 Å². The Bertz CT molecular complexity index is 1540. The van der Waals surface area contributed by atoms with Gasteiger partial charge in [-0.25, -0.2) is 4.98 Å². The number of carbonyl (C=O) groups excluding carboxylic acids is 2. The Hall–Kier alpha value is -3.43. The van der Waals surface area contributed by atoms with Crippen molar-refractivity contribution in [2.24, 2.45) is 0 Å². The molecule has 0 atom stereocenters. The minimum Gasteiger partial charge on any atom is -0.337 e. The standard InChI is InChI=1S/C28H28N4O3S2/c1-17-11-18(2)13-21(12-17)29-24(34)16-36-28-30-26-25(22-9-10-31(19(3)33)15-23(22)37-26)27(35)32(28)14-20-7-5-4-6-8-20/h4-8,11-13H,9-10,14-16H2,1-3H3,(H,29,34). The second-order valence-corrected chi connectivity index (χ2v) is 11.4. The molecule has 190 valence electrons. The van der Waals surface area contributed by atoms with Gasteiger partial charge >= 0.3 is 0 Å². The van der Waals surface area contributed by atoms with Gasteiger partial charge in [-0.2, -0.15) is 0 Å². The monoisotopic (exact) mass is 532 g/mol. The molecule has 0 aliphatic carbocycles. The highest BCUT2D eigenvalue weighted by Crippen LogP contribution is 2.34. The maximum atomic E-state index is 13.8. The number of nitrogens with one attached hydrogen (secondary N) is 1. The fourth-order valence-electron chi connectivity index (χ4n) is 4.72. The summed E-state index contributed by atoms with van der Waals surface area (Å²) in [5.41, 5.74) is 4.81. The normalized spacial score (nSPS) is 13.0. The zero-order chi connectivity index (χ0) is 26.1. The van der Waals surface area contributed by atoms with Crippen LogP contribution in [0.3, 0.4) is 0 Å². The van der Waals surface area contributed by atoms with E-state index < -0.39 is 0 Å². The van der Waals surface area contributed by atoms with Crippen molar-refractivity contribution in [1.82, 2.24) is 14.5 Å². The molecule has 2 amide bonds. The van der Waals surface area contributed by atoms with Crippen LogP contribution < -0.4 is 10.9 Å². The summed E-state index contributed by atoms with van der Waals surface area (Å²) in [4.78, 5) is 46.9. The molecule has 5 rings (SSSR count). The molecule has 0 saturated heterocycles. The molecular weight excluding hydrogens is 504 g/mol. The van der Waals surface area contributed by atoms with Crippen molar-refractivity contribution in [1.29, 1.82) is 0 Å². The van der Waals surface area contributed by atoms with Crippen molar-refractivity contribution in [3.63, 3.8) is 0 Å².